The van der Waals surface area contributed by atoms with Crippen LogP contribution in [0.25, 0.3) is 4.96 Å². The highest BCUT2D eigenvalue weighted by molar-refractivity contribution is 7.20. The van der Waals surface area contributed by atoms with E-state index in [0.717, 1.165) is 47.6 Å². The third-order valence-electron chi connectivity index (χ3n) is 6.16. The Hall–Kier alpha value is -2.81. The van der Waals surface area contributed by atoms with Crippen LogP contribution in [0.3, 0.4) is 0 Å². The summed E-state index contributed by atoms with van der Waals surface area (Å²) >= 11 is 1.44. The molecule has 0 unspecified atom stereocenters. The Labute approximate surface area is 182 Å². The van der Waals surface area contributed by atoms with E-state index in [1.54, 1.807) is 12.1 Å². The van der Waals surface area contributed by atoms with Gasteiger partial charge in [0.25, 0.3) is 5.56 Å². The molecule has 1 saturated heterocycles. The summed E-state index contributed by atoms with van der Waals surface area (Å²) in [5.41, 5.74) is 2.46. The lowest BCUT2D eigenvalue weighted by Gasteiger charge is -2.30. The Bertz CT molecular complexity index is 1180. The summed E-state index contributed by atoms with van der Waals surface area (Å²) < 4.78 is 14.7. The summed E-state index contributed by atoms with van der Waals surface area (Å²) in [6.07, 6.45) is 5.18. The van der Waals surface area contributed by atoms with Crippen LogP contribution in [0.4, 0.5) is 9.52 Å². The number of aryl methyl sites for hydroxylation is 1. The monoisotopic (exact) mass is 441 g/mol. The molecule has 162 valence electrons. The summed E-state index contributed by atoms with van der Waals surface area (Å²) in [6.45, 7) is 1.73. The molecule has 3 aromatic rings. The second kappa shape index (κ2) is 8.37. The highest BCUT2D eigenvalue weighted by atomic mass is 32.1. The lowest BCUT2D eigenvalue weighted by molar-refractivity contribution is -0.125. The van der Waals surface area contributed by atoms with Crippen molar-refractivity contribution in [2.45, 2.75) is 45.1 Å². The van der Waals surface area contributed by atoms with Crippen LogP contribution in [0.5, 0.6) is 0 Å². The number of anilines is 1. The molecule has 1 aliphatic carbocycles. The van der Waals surface area contributed by atoms with Crippen molar-refractivity contribution in [3.63, 3.8) is 0 Å². The van der Waals surface area contributed by atoms with Crippen molar-refractivity contribution in [2.75, 3.05) is 18.0 Å². The van der Waals surface area contributed by atoms with E-state index in [0.29, 0.717) is 37.4 Å². The van der Waals surface area contributed by atoms with Gasteiger partial charge in [0.1, 0.15) is 5.82 Å². The number of piperidine rings is 1. The number of nitrogens with one attached hydrogen (secondary N) is 1. The normalized spacial score (nSPS) is 17.0. The topological polar surface area (TPSA) is 79.6 Å². The van der Waals surface area contributed by atoms with Crippen LogP contribution in [0.1, 0.15) is 42.5 Å². The number of hydrogen-bond donors (Lipinski definition) is 1. The van der Waals surface area contributed by atoms with Crippen molar-refractivity contribution < 1.29 is 9.18 Å². The number of rotatable bonds is 4. The Morgan fingerprint density at radius 2 is 2.03 bits per heavy atom. The average Bonchev–Trinajstić information content (AvgIpc) is 3.22. The first-order valence-electron chi connectivity index (χ1n) is 10.8. The Balaban J connectivity index is 1.23. The summed E-state index contributed by atoms with van der Waals surface area (Å²) in [5.74, 6) is -0.378. The minimum absolute atomic E-state index is 0.00114. The molecule has 0 radical (unpaired) electrons. The van der Waals surface area contributed by atoms with E-state index in [1.807, 2.05) is 0 Å². The zero-order valence-corrected chi connectivity index (χ0v) is 18.0. The molecule has 0 saturated carbocycles. The maximum atomic E-state index is 13.3. The minimum atomic E-state index is -0.301. The zero-order valence-electron chi connectivity index (χ0n) is 17.1. The number of fused-ring (bicyclic) bond motifs is 2. The van der Waals surface area contributed by atoms with Gasteiger partial charge < -0.3 is 10.2 Å². The predicted octanol–water partition coefficient (Wildman–Crippen LogP) is 2.70. The fraction of sp³-hybridized carbons (Fsp3) is 0.455. The fourth-order valence-electron chi connectivity index (χ4n) is 4.40. The quantitative estimate of drug-likeness (QED) is 0.674. The van der Waals surface area contributed by atoms with Crippen molar-refractivity contribution in [3.8, 4) is 0 Å². The predicted molar refractivity (Wildman–Crippen MR) is 117 cm³/mol. The van der Waals surface area contributed by atoms with E-state index in [9.17, 15) is 14.0 Å². The smallest absolute Gasteiger partial charge is 0.278 e. The van der Waals surface area contributed by atoms with Crippen molar-refractivity contribution in [1.82, 2.24) is 19.9 Å². The number of halogens is 1. The molecule has 2 aromatic heterocycles. The van der Waals surface area contributed by atoms with Crippen LogP contribution in [-0.2, 0) is 24.2 Å². The van der Waals surface area contributed by atoms with Gasteiger partial charge in [-0.2, -0.15) is 4.52 Å². The molecule has 0 atom stereocenters. The van der Waals surface area contributed by atoms with Gasteiger partial charge in [0, 0.05) is 31.1 Å². The van der Waals surface area contributed by atoms with Crippen LogP contribution in [0.15, 0.2) is 29.1 Å². The van der Waals surface area contributed by atoms with E-state index in [2.05, 4.69) is 15.3 Å². The van der Waals surface area contributed by atoms with Crippen molar-refractivity contribution in [3.05, 3.63) is 57.3 Å². The van der Waals surface area contributed by atoms with E-state index < -0.39 is 0 Å². The van der Waals surface area contributed by atoms with Crippen LogP contribution in [-0.4, -0.2) is 33.6 Å². The molecule has 1 aliphatic heterocycles. The first-order valence-corrected chi connectivity index (χ1v) is 11.6. The van der Waals surface area contributed by atoms with Gasteiger partial charge in [-0.05, 0) is 56.2 Å². The van der Waals surface area contributed by atoms with Gasteiger partial charge in [-0.1, -0.05) is 23.5 Å². The summed E-state index contributed by atoms with van der Waals surface area (Å²) in [6, 6.07) is 6.27. The molecular formula is C22H24FN5O2S. The Morgan fingerprint density at radius 1 is 1.23 bits per heavy atom. The Morgan fingerprint density at radius 3 is 2.84 bits per heavy atom. The van der Waals surface area contributed by atoms with Crippen molar-refractivity contribution in [1.29, 1.82) is 0 Å². The second-order valence-electron chi connectivity index (χ2n) is 8.24. The number of carbonyl (C=O) groups excluding carboxylic acids is 1. The molecule has 3 heterocycles. The van der Waals surface area contributed by atoms with Gasteiger partial charge in [-0.3, -0.25) is 9.59 Å². The fourth-order valence-corrected chi connectivity index (χ4v) is 5.37. The van der Waals surface area contributed by atoms with Crippen LogP contribution in [0, 0.1) is 11.7 Å². The van der Waals surface area contributed by atoms with Gasteiger partial charge in [0.2, 0.25) is 16.0 Å². The lowest BCUT2D eigenvalue weighted by atomic mass is 9.96. The maximum Gasteiger partial charge on any atom is 0.278 e. The van der Waals surface area contributed by atoms with Gasteiger partial charge in [-0.25, -0.2) is 9.37 Å². The summed E-state index contributed by atoms with van der Waals surface area (Å²) in [5, 5.41) is 8.25. The molecule has 9 heteroatoms. The first kappa shape index (κ1) is 20.1. The van der Waals surface area contributed by atoms with E-state index in [1.165, 1.54) is 28.0 Å². The molecule has 5 rings (SSSR count). The second-order valence-corrected chi connectivity index (χ2v) is 9.17. The van der Waals surface area contributed by atoms with E-state index in [4.69, 9.17) is 4.98 Å². The molecule has 7 nitrogen and oxygen atoms in total. The Kier molecular flexibility index (Phi) is 5.43. The number of benzene rings is 1. The first-order chi connectivity index (χ1) is 15.1. The van der Waals surface area contributed by atoms with E-state index in [-0.39, 0.29) is 23.2 Å². The highest BCUT2D eigenvalue weighted by Crippen LogP contribution is 2.28. The molecule has 1 N–H and O–H groups in total. The van der Waals surface area contributed by atoms with Crippen LogP contribution >= 0.6 is 11.3 Å². The number of aromatic nitrogens is 3. The molecule has 31 heavy (non-hydrogen) atoms. The number of hydrogen-bond acceptors (Lipinski definition) is 6. The molecule has 1 aromatic carbocycles. The van der Waals surface area contributed by atoms with Crippen LogP contribution in [0.2, 0.25) is 0 Å². The molecule has 1 fully saturated rings. The van der Waals surface area contributed by atoms with Gasteiger partial charge in [-0.15, -0.1) is 5.10 Å². The highest BCUT2D eigenvalue weighted by Gasteiger charge is 2.27. The molecule has 0 spiro atoms. The molecule has 2 aliphatic rings. The van der Waals surface area contributed by atoms with Crippen molar-refractivity contribution >= 4 is 27.3 Å². The van der Waals surface area contributed by atoms with E-state index >= 15 is 0 Å². The zero-order chi connectivity index (χ0) is 21.4. The molecule has 0 bridgehead atoms. The standard InChI is InChI=1S/C22H24FN5O2S/c23-16-5-3-4-14(12-16)13-24-19(29)15-8-10-27(11-9-15)22-26-28-20(30)17-6-1-2-7-18(17)25-21(28)31-22/h3-5,12,15H,1-2,6-11,13H2,(H,24,29). The van der Waals surface area contributed by atoms with Gasteiger partial charge in [0.05, 0.1) is 5.69 Å². The van der Waals surface area contributed by atoms with Crippen LogP contribution < -0.4 is 15.8 Å². The minimum Gasteiger partial charge on any atom is -0.352 e. The largest absolute Gasteiger partial charge is 0.352 e. The summed E-state index contributed by atoms with van der Waals surface area (Å²) in [7, 11) is 0. The average molecular weight is 442 g/mol. The van der Waals surface area contributed by atoms with Gasteiger partial charge >= 0.3 is 0 Å². The van der Waals surface area contributed by atoms with Crippen molar-refractivity contribution in [2.24, 2.45) is 5.92 Å². The summed E-state index contributed by atoms with van der Waals surface area (Å²) in [4.78, 5) is 32.8. The third-order valence-corrected chi connectivity index (χ3v) is 7.13. The van der Waals surface area contributed by atoms with Gasteiger partial charge in [0.15, 0.2) is 0 Å². The number of nitrogens with zero attached hydrogens (tertiary/aromatic N) is 4. The molecule has 1 amide bonds. The number of amides is 1. The SMILES string of the molecule is O=C(NCc1cccc(F)c1)C1CCN(c2nn3c(=O)c4c(nc3s2)CCCC4)CC1. The third kappa shape index (κ3) is 4.06. The molecular weight excluding hydrogens is 417 g/mol. The lowest BCUT2D eigenvalue weighted by Crippen LogP contribution is -2.40. The number of carbonyl (C=O) groups is 1. The maximum absolute atomic E-state index is 13.3.